The lowest BCUT2D eigenvalue weighted by atomic mass is 10.1. The van der Waals surface area contributed by atoms with Crippen molar-refractivity contribution in [1.82, 2.24) is 4.98 Å². The number of nitrogens with one attached hydrogen (secondary N) is 1. The predicted octanol–water partition coefficient (Wildman–Crippen LogP) is 5.49. The van der Waals surface area contributed by atoms with Gasteiger partial charge in [-0.2, -0.15) is 26.3 Å². The molecule has 13 heteroatoms. The minimum atomic E-state index is -4.81. The van der Waals surface area contributed by atoms with Crippen LogP contribution < -0.4 is 0 Å². The number of fused-ring (bicyclic) bond motifs is 1. The van der Waals surface area contributed by atoms with E-state index < -0.39 is 51.2 Å². The second-order valence-corrected chi connectivity index (χ2v) is 7.35. The van der Waals surface area contributed by atoms with Gasteiger partial charge in [-0.1, -0.05) is 20.8 Å². The molecule has 0 aliphatic heterocycles. The zero-order valence-corrected chi connectivity index (χ0v) is 17.3. The van der Waals surface area contributed by atoms with Crippen molar-refractivity contribution in [2.45, 2.75) is 46.2 Å². The van der Waals surface area contributed by atoms with Crippen LogP contribution in [-0.4, -0.2) is 36.9 Å². The molecule has 1 aromatic heterocycles. The van der Waals surface area contributed by atoms with Crippen molar-refractivity contribution in [3.05, 3.63) is 39.6 Å². The number of hydrogen-bond acceptors (Lipinski definition) is 4. The van der Waals surface area contributed by atoms with Crippen molar-refractivity contribution in [1.29, 1.82) is 0 Å². The van der Waals surface area contributed by atoms with E-state index in [1.807, 2.05) is 13.8 Å². The van der Waals surface area contributed by atoms with Crippen LogP contribution in [0.4, 0.5) is 32.0 Å². The summed E-state index contributed by atoms with van der Waals surface area (Å²) in [5, 5.41) is 20.3. The number of nitro benzene ring substituents is 1. The molecule has 0 amide bonds. The Balaban J connectivity index is 0.000000648. The van der Waals surface area contributed by atoms with Gasteiger partial charge in [0.15, 0.2) is 0 Å². The summed E-state index contributed by atoms with van der Waals surface area (Å²) in [7, 11) is -1.72. The van der Waals surface area contributed by atoms with Gasteiger partial charge < -0.3 is 10.1 Å². The molecule has 0 aliphatic rings. The van der Waals surface area contributed by atoms with Gasteiger partial charge in [0.1, 0.15) is 11.3 Å². The molecule has 0 spiro atoms. The SMILES string of the molecule is CC.CC(O)c1cc2cc([N+](=O)[O-])c(C(F)(F)F)cc2[nH]1.CCS(=O)CC(F)(F)F. The first kappa shape index (κ1) is 27.8. The molecule has 2 unspecified atom stereocenters. The number of rotatable bonds is 4. The molecule has 2 N–H and O–H groups in total. The molecule has 0 saturated carbocycles. The van der Waals surface area contributed by atoms with Crippen LogP contribution in [0.5, 0.6) is 0 Å². The summed E-state index contributed by atoms with van der Waals surface area (Å²) >= 11 is 0. The predicted molar refractivity (Wildman–Crippen MR) is 102 cm³/mol. The molecule has 0 saturated heterocycles. The van der Waals surface area contributed by atoms with Crippen molar-refractivity contribution in [3.8, 4) is 0 Å². The standard InChI is InChI=1S/C11H9F3N2O3.C4H7F3OS.C2H6/c1-5(17)8-2-6-3-10(16(18)19)7(11(12,13)14)4-9(6)15-8;1-2-9(8)3-4(5,6)7;1-2/h2-5,15,17H,1H3;2-3H2,1H3;1-2H3. The third-order valence-electron chi connectivity index (χ3n) is 3.36. The molecular formula is C17H22F6N2O4S. The number of aliphatic hydroxyl groups is 1. The first-order valence-corrected chi connectivity index (χ1v) is 10.1. The van der Waals surface area contributed by atoms with E-state index >= 15 is 0 Å². The van der Waals surface area contributed by atoms with E-state index in [9.17, 15) is 45.8 Å². The Labute approximate surface area is 170 Å². The second-order valence-electron chi connectivity index (χ2n) is 5.60. The summed E-state index contributed by atoms with van der Waals surface area (Å²) in [6.07, 6.45) is -9.99. The summed E-state index contributed by atoms with van der Waals surface area (Å²) in [6.45, 7) is 6.89. The Hall–Kier alpha value is -2.15. The summed E-state index contributed by atoms with van der Waals surface area (Å²) < 4.78 is 82.3. The van der Waals surface area contributed by atoms with Crippen LogP contribution in [0.1, 0.15) is 45.1 Å². The number of aromatic amines is 1. The monoisotopic (exact) mass is 464 g/mol. The number of benzene rings is 1. The molecule has 0 radical (unpaired) electrons. The molecular weight excluding hydrogens is 442 g/mol. The lowest BCUT2D eigenvalue weighted by Crippen LogP contribution is -2.19. The molecule has 0 fully saturated rings. The lowest BCUT2D eigenvalue weighted by molar-refractivity contribution is -0.387. The summed E-state index contributed by atoms with van der Waals surface area (Å²) in [5.74, 6) is -1.11. The van der Waals surface area contributed by atoms with Crippen molar-refractivity contribution >= 4 is 27.4 Å². The van der Waals surface area contributed by atoms with Gasteiger partial charge in [0.25, 0.3) is 5.69 Å². The van der Waals surface area contributed by atoms with Crippen molar-refractivity contribution < 1.29 is 40.6 Å². The van der Waals surface area contributed by atoms with Crippen molar-refractivity contribution in [3.63, 3.8) is 0 Å². The molecule has 1 heterocycles. The zero-order valence-electron chi connectivity index (χ0n) is 16.5. The van der Waals surface area contributed by atoms with Crippen LogP contribution in [-0.2, 0) is 17.0 Å². The topological polar surface area (TPSA) is 96.2 Å². The number of halogens is 6. The van der Waals surface area contributed by atoms with E-state index in [4.69, 9.17) is 0 Å². The number of nitro groups is 1. The number of nitrogens with zero attached hydrogens (tertiary/aromatic N) is 1. The molecule has 1 aromatic carbocycles. The number of aliphatic hydroxyl groups excluding tert-OH is 1. The van der Waals surface area contributed by atoms with Crippen molar-refractivity contribution in [2.75, 3.05) is 11.5 Å². The fourth-order valence-electron chi connectivity index (χ4n) is 2.08. The highest BCUT2D eigenvalue weighted by molar-refractivity contribution is 7.85. The Kier molecular flexibility index (Phi) is 10.5. The summed E-state index contributed by atoms with van der Waals surface area (Å²) in [6, 6.07) is 2.91. The first-order valence-electron chi connectivity index (χ1n) is 8.63. The van der Waals surface area contributed by atoms with Gasteiger partial charge in [0, 0.05) is 39.2 Å². The first-order chi connectivity index (χ1) is 13.7. The maximum Gasteiger partial charge on any atom is 0.423 e. The van der Waals surface area contributed by atoms with Crippen LogP contribution >= 0.6 is 0 Å². The minimum Gasteiger partial charge on any atom is -0.387 e. The van der Waals surface area contributed by atoms with Gasteiger partial charge in [0.2, 0.25) is 0 Å². The van der Waals surface area contributed by atoms with E-state index in [-0.39, 0.29) is 16.7 Å². The average Bonchev–Trinajstić information content (AvgIpc) is 3.04. The number of alkyl halides is 6. The van der Waals surface area contributed by atoms with Crippen LogP contribution in [0.25, 0.3) is 10.9 Å². The van der Waals surface area contributed by atoms with Gasteiger partial charge in [0.05, 0.1) is 11.0 Å². The Morgan fingerprint density at radius 1 is 1.17 bits per heavy atom. The van der Waals surface area contributed by atoms with Gasteiger partial charge >= 0.3 is 12.4 Å². The maximum absolute atomic E-state index is 12.7. The molecule has 2 rings (SSSR count). The highest BCUT2D eigenvalue weighted by Gasteiger charge is 2.38. The van der Waals surface area contributed by atoms with Gasteiger partial charge in [-0.15, -0.1) is 0 Å². The van der Waals surface area contributed by atoms with Gasteiger partial charge in [-0.3, -0.25) is 14.3 Å². The quantitative estimate of drug-likeness (QED) is 0.355. The zero-order chi connectivity index (χ0) is 23.9. The highest BCUT2D eigenvalue weighted by Crippen LogP contribution is 2.38. The minimum absolute atomic E-state index is 0.0690. The Morgan fingerprint density at radius 2 is 1.70 bits per heavy atom. The molecule has 0 bridgehead atoms. The second kappa shape index (κ2) is 11.3. The fraction of sp³-hybridized carbons (Fsp3) is 0.529. The van der Waals surface area contributed by atoms with Gasteiger partial charge in [-0.25, -0.2) is 0 Å². The number of aromatic nitrogens is 1. The van der Waals surface area contributed by atoms with Crippen molar-refractivity contribution in [2.24, 2.45) is 0 Å². The Bertz CT molecular complexity index is 862. The number of H-pyrrole nitrogens is 1. The molecule has 6 nitrogen and oxygen atoms in total. The van der Waals surface area contributed by atoms with E-state index in [1.165, 1.54) is 19.9 Å². The normalized spacial score (nSPS) is 13.6. The largest absolute Gasteiger partial charge is 0.423 e. The summed E-state index contributed by atoms with van der Waals surface area (Å²) in [5.41, 5.74) is -1.93. The molecule has 30 heavy (non-hydrogen) atoms. The summed E-state index contributed by atoms with van der Waals surface area (Å²) in [4.78, 5) is 12.2. The van der Waals surface area contributed by atoms with Crippen LogP contribution in [0, 0.1) is 10.1 Å². The van der Waals surface area contributed by atoms with E-state index in [2.05, 4.69) is 4.98 Å². The molecule has 2 atom stereocenters. The van der Waals surface area contributed by atoms with Crippen LogP contribution in [0.2, 0.25) is 0 Å². The van der Waals surface area contributed by atoms with Gasteiger partial charge in [-0.05, 0) is 19.1 Å². The highest BCUT2D eigenvalue weighted by atomic mass is 32.2. The molecule has 0 aliphatic carbocycles. The van der Waals surface area contributed by atoms with Crippen LogP contribution in [0.15, 0.2) is 18.2 Å². The molecule has 172 valence electrons. The van der Waals surface area contributed by atoms with Crippen LogP contribution in [0.3, 0.4) is 0 Å². The third kappa shape index (κ3) is 8.69. The van der Waals surface area contributed by atoms with E-state index in [0.717, 1.165) is 6.07 Å². The van der Waals surface area contributed by atoms with E-state index in [1.54, 1.807) is 0 Å². The molecule has 2 aromatic rings. The van der Waals surface area contributed by atoms with E-state index in [0.29, 0.717) is 11.8 Å². The third-order valence-corrected chi connectivity index (χ3v) is 4.65. The smallest absolute Gasteiger partial charge is 0.387 e. The average molecular weight is 464 g/mol. The fourth-order valence-corrected chi connectivity index (χ4v) is 2.65. The number of hydrogen-bond donors (Lipinski definition) is 2. The Morgan fingerprint density at radius 3 is 2.03 bits per heavy atom. The lowest BCUT2D eigenvalue weighted by Gasteiger charge is -2.07. The maximum atomic E-state index is 12.7.